The van der Waals surface area contributed by atoms with Gasteiger partial charge in [0, 0.05) is 10.5 Å². The highest BCUT2D eigenvalue weighted by Gasteiger charge is 2.13. The number of thiazole rings is 1. The fraction of sp³-hybridized carbons (Fsp3) is 0.250. The first-order chi connectivity index (χ1) is 11.0. The van der Waals surface area contributed by atoms with Crippen molar-refractivity contribution in [3.05, 3.63) is 56.5 Å². The van der Waals surface area contributed by atoms with E-state index in [1.807, 2.05) is 38.1 Å². The molecule has 0 N–H and O–H groups in total. The Morgan fingerprint density at radius 2 is 2.09 bits per heavy atom. The number of hydrogen-bond donors (Lipinski definition) is 0. The summed E-state index contributed by atoms with van der Waals surface area (Å²) < 4.78 is 4.89. The van der Waals surface area contributed by atoms with Gasteiger partial charge in [-0.1, -0.05) is 34.9 Å². The van der Waals surface area contributed by atoms with Crippen molar-refractivity contribution in [3.63, 3.8) is 0 Å². The maximum Gasteiger partial charge on any atom is 0.340 e. The second kappa shape index (κ2) is 7.58. The van der Waals surface area contributed by atoms with Crippen LogP contribution in [0.1, 0.15) is 23.1 Å². The van der Waals surface area contributed by atoms with Crippen molar-refractivity contribution < 1.29 is 9.53 Å². The van der Waals surface area contributed by atoms with Crippen molar-refractivity contribution in [3.8, 4) is 10.6 Å². The third kappa shape index (κ3) is 4.18. The molecule has 0 bridgehead atoms. The van der Waals surface area contributed by atoms with Gasteiger partial charge in [-0.3, -0.25) is 0 Å². The molecular weight excluding hydrogens is 312 g/mol. The molecule has 0 unspecified atom stereocenters. The van der Waals surface area contributed by atoms with Crippen molar-refractivity contribution in [2.45, 2.75) is 20.8 Å². The Morgan fingerprint density at radius 3 is 2.70 bits per heavy atom. The van der Waals surface area contributed by atoms with Crippen LogP contribution in [-0.4, -0.2) is 17.6 Å². The van der Waals surface area contributed by atoms with E-state index in [0.717, 1.165) is 21.1 Å². The number of rotatable bonds is 5. The number of nitrogens with zero attached hydrogens (tertiary/aromatic N) is 4. The van der Waals surface area contributed by atoms with E-state index in [2.05, 4.69) is 15.0 Å². The molecule has 23 heavy (non-hydrogen) atoms. The van der Waals surface area contributed by atoms with Gasteiger partial charge in [0.1, 0.15) is 10.7 Å². The van der Waals surface area contributed by atoms with Crippen molar-refractivity contribution in [2.75, 3.05) is 6.61 Å². The molecule has 7 heteroatoms. The number of aromatic nitrogens is 1. The molecule has 1 aromatic heterocycles. The van der Waals surface area contributed by atoms with Gasteiger partial charge >= 0.3 is 5.97 Å². The van der Waals surface area contributed by atoms with E-state index in [1.165, 1.54) is 23.0 Å². The molecule has 0 radical (unpaired) electrons. The summed E-state index contributed by atoms with van der Waals surface area (Å²) in [4.78, 5) is 19.7. The largest absolute Gasteiger partial charge is 0.462 e. The monoisotopic (exact) mass is 328 g/mol. The second-order valence-electron chi connectivity index (χ2n) is 4.77. The topological polar surface area (TPSA) is 88.0 Å². The molecule has 0 saturated carbocycles. The quantitative estimate of drug-likeness (QED) is 0.263. The molecule has 0 aliphatic rings. The van der Waals surface area contributed by atoms with Crippen LogP contribution >= 0.6 is 11.3 Å². The van der Waals surface area contributed by atoms with E-state index in [0.29, 0.717) is 0 Å². The summed E-state index contributed by atoms with van der Waals surface area (Å²) in [5.74, 6) is -0.644. The smallest absolute Gasteiger partial charge is 0.340 e. The van der Waals surface area contributed by atoms with E-state index in [4.69, 9.17) is 10.3 Å². The third-order valence-corrected chi connectivity index (χ3v) is 4.19. The number of azide groups is 1. The molecule has 0 fully saturated rings. The Kier molecular flexibility index (Phi) is 5.51. The summed E-state index contributed by atoms with van der Waals surface area (Å²) in [6, 6.07) is 8.04. The van der Waals surface area contributed by atoms with Crippen LogP contribution in [0.25, 0.3) is 27.1 Å². The zero-order valence-corrected chi connectivity index (χ0v) is 13.9. The number of benzene rings is 1. The molecule has 0 aliphatic carbocycles. The summed E-state index contributed by atoms with van der Waals surface area (Å²) in [6.45, 7) is 5.78. The van der Waals surface area contributed by atoms with Gasteiger partial charge in [0.25, 0.3) is 0 Å². The minimum atomic E-state index is -0.644. The van der Waals surface area contributed by atoms with Gasteiger partial charge in [-0.2, -0.15) is 0 Å². The van der Waals surface area contributed by atoms with Crippen LogP contribution in [0, 0.1) is 13.8 Å². The molecule has 0 amide bonds. The van der Waals surface area contributed by atoms with E-state index in [-0.39, 0.29) is 12.3 Å². The Balaban J connectivity index is 2.39. The first-order valence-corrected chi connectivity index (χ1v) is 7.85. The number of carbonyl (C=O) groups is 1. The summed E-state index contributed by atoms with van der Waals surface area (Å²) in [5, 5.41) is 4.26. The molecule has 2 rings (SSSR count). The lowest BCUT2D eigenvalue weighted by molar-refractivity contribution is -0.138. The number of carbonyl (C=O) groups excluding carboxylic acids is 1. The Morgan fingerprint density at radius 1 is 1.39 bits per heavy atom. The normalized spacial score (nSPS) is 11.0. The molecule has 2 aromatic rings. The van der Waals surface area contributed by atoms with Gasteiger partial charge in [0.05, 0.1) is 17.2 Å². The third-order valence-electron chi connectivity index (χ3n) is 3.04. The zero-order chi connectivity index (χ0) is 16.8. The van der Waals surface area contributed by atoms with Crippen LogP contribution in [0.5, 0.6) is 0 Å². The number of ether oxygens (including phenoxy) is 1. The molecular formula is C16H16N4O2S. The zero-order valence-electron chi connectivity index (χ0n) is 13.1. The van der Waals surface area contributed by atoms with Crippen molar-refractivity contribution >= 4 is 23.4 Å². The molecule has 1 heterocycles. The predicted molar refractivity (Wildman–Crippen MR) is 90.8 cm³/mol. The predicted octanol–water partition coefficient (Wildman–Crippen LogP) is 4.64. The maximum atomic E-state index is 11.8. The van der Waals surface area contributed by atoms with E-state index in [1.54, 1.807) is 6.92 Å². The SMILES string of the molecule is CCOC(=O)/C(=C/c1sc(-c2ccc(C)cc2)nc1C)N=[N+]=[N-]. The van der Waals surface area contributed by atoms with Crippen molar-refractivity contribution in [1.82, 2.24) is 4.98 Å². The average molecular weight is 328 g/mol. The van der Waals surface area contributed by atoms with Crippen molar-refractivity contribution in [2.24, 2.45) is 5.11 Å². The number of hydrogen-bond acceptors (Lipinski definition) is 5. The fourth-order valence-electron chi connectivity index (χ4n) is 1.87. The van der Waals surface area contributed by atoms with E-state index < -0.39 is 5.97 Å². The van der Waals surface area contributed by atoms with Gasteiger partial charge in [0.2, 0.25) is 0 Å². The molecule has 0 atom stereocenters. The van der Waals surface area contributed by atoms with Gasteiger partial charge in [-0.15, -0.1) is 11.3 Å². The standard InChI is InChI=1S/C16H16N4O2S/c1-4-22-16(21)13(19-20-17)9-14-11(3)18-15(23-14)12-7-5-10(2)6-8-12/h5-9H,4H2,1-3H3/b13-9-. The number of esters is 1. The van der Waals surface area contributed by atoms with Crippen LogP contribution < -0.4 is 0 Å². The average Bonchev–Trinajstić information content (AvgIpc) is 2.89. The van der Waals surface area contributed by atoms with Crippen LogP contribution in [0.3, 0.4) is 0 Å². The van der Waals surface area contributed by atoms with Crippen LogP contribution in [-0.2, 0) is 9.53 Å². The molecule has 118 valence electrons. The Labute approximate surface area is 138 Å². The van der Waals surface area contributed by atoms with Gasteiger partial charge in [-0.25, -0.2) is 9.78 Å². The first kappa shape index (κ1) is 16.7. The van der Waals surface area contributed by atoms with E-state index >= 15 is 0 Å². The summed E-state index contributed by atoms with van der Waals surface area (Å²) in [6.07, 6.45) is 1.52. The highest BCUT2D eigenvalue weighted by molar-refractivity contribution is 7.16. The molecule has 0 aliphatic heterocycles. The summed E-state index contributed by atoms with van der Waals surface area (Å²) in [5.41, 5.74) is 11.5. The fourth-order valence-corrected chi connectivity index (χ4v) is 2.88. The summed E-state index contributed by atoms with van der Waals surface area (Å²) in [7, 11) is 0. The Hall–Kier alpha value is -2.63. The molecule has 6 nitrogen and oxygen atoms in total. The molecule has 0 saturated heterocycles. The minimum Gasteiger partial charge on any atom is -0.462 e. The highest BCUT2D eigenvalue weighted by atomic mass is 32.1. The lowest BCUT2D eigenvalue weighted by Crippen LogP contribution is -2.05. The minimum absolute atomic E-state index is 0.0726. The molecule has 1 aromatic carbocycles. The van der Waals surface area contributed by atoms with Crippen molar-refractivity contribution in [1.29, 1.82) is 0 Å². The van der Waals surface area contributed by atoms with Crippen LogP contribution in [0.4, 0.5) is 0 Å². The van der Waals surface area contributed by atoms with E-state index in [9.17, 15) is 4.79 Å². The second-order valence-corrected chi connectivity index (χ2v) is 5.80. The van der Waals surface area contributed by atoms with Gasteiger partial charge < -0.3 is 4.74 Å². The lowest BCUT2D eigenvalue weighted by atomic mass is 10.2. The van der Waals surface area contributed by atoms with Crippen LogP contribution in [0.2, 0.25) is 0 Å². The first-order valence-electron chi connectivity index (χ1n) is 7.03. The molecule has 0 spiro atoms. The van der Waals surface area contributed by atoms with Crippen LogP contribution in [0.15, 0.2) is 35.1 Å². The maximum absolute atomic E-state index is 11.8. The lowest BCUT2D eigenvalue weighted by Gasteiger charge is -2.00. The number of aryl methyl sites for hydroxylation is 2. The highest BCUT2D eigenvalue weighted by Crippen LogP contribution is 2.30. The Bertz CT molecular complexity index is 787. The van der Waals surface area contributed by atoms with Gasteiger partial charge in [0.15, 0.2) is 0 Å². The summed E-state index contributed by atoms with van der Waals surface area (Å²) >= 11 is 1.43. The van der Waals surface area contributed by atoms with Gasteiger partial charge in [-0.05, 0) is 32.4 Å².